The number of nitrogens with zero attached hydrogens (tertiary/aromatic N) is 3. The Bertz CT molecular complexity index is 1490. The van der Waals surface area contributed by atoms with Crippen molar-refractivity contribution >= 4 is 57.7 Å². The summed E-state index contributed by atoms with van der Waals surface area (Å²) in [5.74, 6) is -1.13. The van der Waals surface area contributed by atoms with Gasteiger partial charge >= 0.3 is 5.97 Å². The van der Waals surface area contributed by atoms with Gasteiger partial charge in [-0.1, -0.05) is 41.9 Å². The van der Waals surface area contributed by atoms with Crippen LogP contribution in [0, 0.1) is 0 Å². The summed E-state index contributed by atoms with van der Waals surface area (Å²) in [6, 6.07) is 20.2. The number of fused-ring (bicyclic) bond motifs is 1. The highest BCUT2D eigenvalue weighted by atomic mass is 35.5. The van der Waals surface area contributed by atoms with E-state index in [4.69, 9.17) is 16.7 Å². The van der Waals surface area contributed by atoms with Crippen LogP contribution in [0.2, 0.25) is 5.02 Å². The number of carbonyl (C=O) groups is 3. The van der Waals surface area contributed by atoms with Gasteiger partial charge < -0.3 is 25.5 Å². The van der Waals surface area contributed by atoms with Gasteiger partial charge in [0.05, 0.1) is 23.5 Å². The Hall–Kier alpha value is -4.18. The molecule has 3 aromatic carbocycles. The molecule has 1 heterocycles. The van der Waals surface area contributed by atoms with Crippen LogP contribution in [-0.4, -0.2) is 80.5 Å². The summed E-state index contributed by atoms with van der Waals surface area (Å²) >= 11 is 6.18. The molecular formula is C32H36ClN5O4. The molecule has 0 bridgehead atoms. The van der Waals surface area contributed by atoms with E-state index in [-0.39, 0.29) is 18.2 Å². The standard InChI is InChI=1S/C32H36ClN5O4/c1-36(2)17-18-37(3)20-28(39)38(4)25-13-11-24(12-14-25)34-31(22-8-5-21(6-9-22)7-16-29(40)41)30-26-15-10-23(33)19-27(26)35-32(30)42/h5-6,8-15,19,34H,7,16-18,20H2,1-4H3,(H,35,42)(H,40,41). The number of rotatable bonds is 12. The number of benzene rings is 3. The second-order valence-electron chi connectivity index (χ2n) is 10.7. The molecule has 0 fully saturated rings. The summed E-state index contributed by atoms with van der Waals surface area (Å²) in [6.07, 6.45) is 0.452. The molecule has 4 rings (SSSR count). The maximum Gasteiger partial charge on any atom is 0.303 e. The van der Waals surface area contributed by atoms with E-state index < -0.39 is 5.97 Å². The first-order valence-electron chi connectivity index (χ1n) is 13.7. The van der Waals surface area contributed by atoms with Crippen LogP contribution in [0.5, 0.6) is 0 Å². The van der Waals surface area contributed by atoms with Gasteiger partial charge in [0.1, 0.15) is 0 Å². The number of hydrogen-bond acceptors (Lipinski definition) is 6. The van der Waals surface area contributed by atoms with E-state index in [9.17, 15) is 14.4 Å². The second kappa shape index (κ2) is 13.7. The number of halogens is 1. The van der Waals surface area contributed by atoms with Gasteiger partial charge in [-0.25, -0.2) is 0 Å². The molecular weight excluding hydrogens is 554 g/mol. The Morgan fingerprint density at radius 1 is 0.929 bits per heavy atom. The fourth-order valence-electron chi connectivity index (χ4n) is 4.61. The van der Waals surface area contributed by atoms with Gasteiger partial charge in [0.15, 0.2) is 0 Å². The van der Waals surface area contributed by atoms with Gasteiger partial charge in [-0.2, -0.15) is 0 Å². The van der Waals surface area contributed by atoms with E-state index in [0.717, 1.165) is 41.2 Å². The number of aliphatic carboxylic acids is 1. The topological polar surface area (TPSA) is 105 Å². The van der Waals surface area contributed by atoms with Gasteiger partial charge in [0.2, 0.25) is 5.91 Å². The highest BCUT2D eigenvalue weighted by Gasteiger charge is 2.28. The SMILES string of the molecule is CN(C)CCN(C)CC(=O)N(C)c1ccc(NC(=C2C(=O)Nc3cc(Cl)ccc32)c2ccc(CCC(=O)O)cc2)cc1. The van der Waals surface area contributed by atoms with Crippen molar-refractivity contribution in [3.05, 3.63) is 88.4 Å². The van der Waals surface area contributed by atoms with Gasteiger partial charge in [-0.05, 0) is 75.1 Å². The Balaban J connectivity index is 1.60. The minimum Gasteiger partial charge on any atom is -0.481 e. The lowest BCUT2D eigenvalue weighted by Gasteiger charge is -2.23. The van der Waals surface area contributed by atoms with Crippen molar-refractivity contribution < 1.29 is 19.5 Å². The molecule has 3 aromatic rings. The molecule has 1 aliphatic heterocycles. The number of carbonyl (C=O) groups excluding carboxylic acids is 2. The van der Waals surface area contributed by atoms with Crippen LogP contribution in [-0.2, 0) is 20.8 Å². The smallest absolute Gasteiger partial charge is 0.303 e. The zero-order valence-corrected chi connectivity index (χ0v) is 25.0. The Labute approximate surface area is 251 Å². The third-order valence-electron chi connectivity index (χ3n) is 7.08. The van der Waals surface area contributed by atoms with E-state index in [1.165, 1.54) is 0 Å². The summed E-state index contributed by atoms with van der Waals surface area (Å²) in [7, 11) is 7.70. The summed E-state index contributed by atoms with van der Waals surface area (Å²) in [5, 5.41) is 15.9. The lowest BCUT2D eigenvalue weighted by atomic mass is 9.98. The highest BCUT2D eigenvalue weighted by Crippen LogP contribution is 2.39. The minimum atomic E-state index is -0.853. The van der Waals surface area contributed by atoms with E-state index >= 15 is 0 Å². The lowest BCUT2D eigenvalue weighted by Crippen LogP contribution is -2.39. The molecule has 0 aromatic heterocycles. The summed E-state index contributed by atoms with van der Waals surface area (Å²) in [5.41, 5.74) is 5.55. The van der Waals surface area contributed by atoms with E-state index in [1.54, 1.807) is 24.1 Å². The average molecular weight is 590 g/mol. The zero-order valence-electron chi connectivity index (χ0n) is 24.3. The fourth-order valence-corrected chi connectivity index (χ4v) is 4.78. The first-order chi connectivity index (χ1) is 20.0. The number of anilines is 3. The fraction of sp³-hybridized carbons (Fsp3) is 0.281. The van der Waals surface area contributed by atoms with E-state index in [0.29, 0.717) is 34.9 Å². The van der Waals surface area contributed by atoms with Crippen molar-refractivity contribution in [2.75, 3.05) is 63.4 Å². The number of aryl methyl sites for hydroxylation is 1. The molecule has 10 heteroatoms. The minimum absolute atomic E-state index is 0.0133. The molecule has 0 radical (unpaired) electrons. The molecule has 0 atom stereocenters. The van der Waals surface area contributed by atoms with Gasteiger partial charge in [0, 0.05) is 48.5 Å². The van der Waals surface area contributed by atoms with Crippen LogP contribution in [0.4, 0.5) is 17.1 Å². The van der Waals surface area contributed by atoms with Crippen molar-refractivity contribution in [1.82, 2.24) is 9.80 Å². The van der Waals surface area contributed by atoms with Gasteiger partial charge in [-0.3, -0.25) is 19.3 Å². The summed E-state index contributed by atoms with van der Waals surface area (Å²) < 4.78 is 0. The third-order valence-corrected chi connectivity index (χ3v) is 7.31. The van der Waals surface area contributed by atoms with Crippen molar-refractivity contribution in [3.8, 4) is 0 Å². The quantitative estimate of drug-likeness (QED) is 0.262. The molecule has 2 amide bonds. The summed E-state index contributed by atoms with van der Waals surface area (Å²) in [6.45, 7) is 1.96. The third kappa shape index (κ3) is 7.76. The normalized spacial score (nSPS) is 13.6. The molecule has 0 spiro atoms. The van der Waals surface area contributed by atoms with Crippen LogP contribution >= 0.6 is 11.6 Å². The van der Waals surface area contributed by atoms with Crippen LogP contribution in [0.3, 0.4) is 0 Å². The zero-order chi connectivity index (χ0) is 30.4. The van der Waals surface area contributed by atoms with Crippen molar-refractivity contribution in [3.63, 3.8) is 0 Å². The maximum absolute atomic E-state index is 13.2. The molecule has 42 heavy (non-hydrogen) atoms. The largest absolute Gasteiger partial charge is 0.481 e. The summed E-state index contributed by atoms with van der Waals surface area (Å²) in [4.78, 5) is 42.8. The molecule has 1 aliphatic rings. The van der Waals surface area contributed by atoms with Crippen LogP contribution in [0.25, 0.3) is 11.3 Å². The van der Waals surface area contributed by atoms with Crippen LogP contribution in [0.15, 0.2) is 66.7 Å². The number of likely N-dealkylation sites (N-methyl/N-ethyl adjacent to an activating group) is 3. The van der Waals surface area contributed by atoms with Gasteiger partial charge in [0.25, 0.3) is 5.91 Å². The van der Waals surface area contributed by atoms with Gasteiger partial charge in [-0.15, -0.1) is 0 Å². The molecule has 0 saturated carbocycles. The molecule has 0 aliphatic carbocycles. The predicted octanol–water partition coefficient (Wildman–Crippen LogP) is 4.75. The number of amides is 2. The van der Waals surface area contributed by atoms with Crippen LogP contribution in [0.1, 0.15) is 23.1 Å². The Kier molecular flexibility index (Phi) is 10.0. The number of carboxylic acid groups (broad SMARTS) is 1. The maximum atomic E-state index is 13.2. The number of hydrogen-bond donors (Lipinski definition) is 3. The first kappa shape index (κ1) is 30.8. The van der Waals surface area contributed by atoms with Crippen molar-refractivity contribution in [2.24, 2.45) is 0 Å². The molecule has 0 unspecified atom stereocenters. The Morgan fingerprint density at radius 3 is 2.26 bits per heavy atom. The predicted molar refractivity (Wildman–Crippen MR) is 169 cm³/mol. The number of nitrogens with one attached hydrogen (secondary N) is 2. The van der Waals surface area contributed by atoms with Crippen molar-refractivity contribution in [1.29, 1.82) is 0 Å². The van der Waals surface area contributed by atoms with Crippen LogP contribution < -0.4 is 15.5 Å². The lowest BCUT2D eigenvalue weighted by molar-refractivity contribution is -0.137. The average Bonchev–Trinajstić information content (AvgIpc) is 3.28. The molecule has 3 N–H and O–H groups in total. The molecule has 220 valence electrons. The number of carboxylic acids is 1. The van der Waals surface area contributed by atoms with E-state index in [2.05, 4.69) is 15.5 Å². The monoisotopic (exact) mass is 589 g/mol. The first-order valence-corrected chi connectivity index (χ1v) is 14.0. The molecule has 9 nitrogen and oxygen atoms in total. The Morgan fingerprint density at radius 2 is 1.62 bits per heavy atom. The highest BCUT2D eigenvalue weighted by molar-refractivity contribution is 6.38. The van der Waals surface area contributed by atoms with Crippen molar-refractivity contribution in [2.45, 2.75) is 12.8 Å². The molecule has 0 saturated heterocycles. The van der Waals surface area contributed by atoms with E-state index in [1.807, 2.05) is 80.6 Å². The second-order valence-corrected chi connectivity index (χ2v) is 11.1.